The quantitative estimate of drug-likeness (QED) is 0.864. The summed E-state index contributed by atoms with van der Waals surface area (Å²) >= 11 is 0. The summed E-state index contributed by atoms with van der Waals surface area (Å²) in [7, 11) is 4.22. The molecule has 20 heavy (non-hydrogen) atoms. The molecule has 1 fully saturated rings. The first-order chi connectivity index (χ1) is 9.58. The van der Waals surface area contributed by atoms with Crippen molar-refractivity contribution in [2.24, 2.45) is 0 Å². The fraction of sp³-hybridized carbons (Fsp3) is 0.667. The van der Waals surface area contributed by atoms with Gasteiger partial charge >= 0.3 is 0 Å². The van der Waals surface area contributed by atoms with Crippen LogP contribution in [0.3, 0.4) is 0 Å². The van der Waals surface area contributed by atoms with E-state index in [1.165, 1.54) is 0 Å². The van der Waals surface area contributed by atoms with E-state index in [9.17, 15) is 5.11 Å². The summed E-state index contributed by atoms with van der Waals surface area (Å²) in [4.78, 5) is 11.5. The van der Waals surface area contributed by atoms with Crippen molar-refractivity contribution in [2.45, 2.75) is 13.0 Å². The number of rotatable bonds is 5. The molecule has 0 spiro atoms. The maximum atomic E-state index is 9.85. The van der Waals surface area contributed by atoms with Crippen LogP contribution < -0.4 is 4.90 Å². The topological polar surface area (TPSA) is 42.8 Å². The predicted molar refractivity (Wildman–Crippen MR) is 82.1 cm³/mol. The van der Waals surface area contributed by atoms with E-state index in [4.69, 9.17) is 0 Å². The molecule has 5 heteroatoms. The van der Waals surface area contributed by atoms with Crippen molar-refractivity contribution >= 4 is 5.82 Å². The van der Waals surface area contributed by atoms with Gasteiger partial charge in [-0.1, -0.05) is 6.07 Å². The molecule has 0 saturated carbocycles. The van der Waals surface area contributed by atoms with Gasteiger partial charge in [-0.05, 0) is 27.1 Å². The van der Waals surface area contributed by atoms with E-state index in [0.717, 1.165) is 50.6 Å². The molecular weight excluding hydrogens is 252 g/mol. The molecule has 2 rings (SSSR count). The van der Waals surface area contributed by atoms with Crippen molar-refractivity contribution in [3.8, 4) is 0 Å². The third-order valence-electron chi connectivity index (χ3n) is 3.80. The zero-order valence-electron chi connectivity index (χ0n) is 12.8. The number of aliphatic hydroxyl groups excluding tert-OH is 1. The van der Waals surface area contributed by atoms with Crippen molar-refractivity contribution in [2.75, 3.05) is 58.3 Å². The lowest BCUT2D eigenvalue weighted by Crippen LogP contribution is -2.48. The number of likely N-dealkylation sites (N-methyl/N-ethyl adjacent to an activating group) is 1. The van der Waals surface area contributed by atoms with E-state index < -0.39 is 6.10 Å². The van der Waals surface area contributed by atoms with Crippen LogP contribution in [-0.4, -0.2) is 73.3 Å². The lowest BCUT2D eigenvalue weighted by atomic mass is 10.1. The van der Waals surface area contributed by atoms with Crippen LogP contribution in [-0.2, 0) is 0 Å². The second kappa shape index (κ2) is 7.02. The number of anilines is 1. The zero-order chi connectivity index (χ0) is 14.5. The molecular formula is C15H26N4O. The number of pyridine rings is 1. The summed E-state index contributed by atoms with van der Waals surface area (Å²) in [6.45, 7) is 8.09. The van der Waals surface area contributed by atoms with E-state index in [2.05, 4.69) is 33.8 Å². The minimum Gasteiger partial charge on any atom is -0.389 e. The van der Waals surface area contributed by atoms with Crippen molar-refractivity contribution in [1.29, 1.82) is 0 Å². The molecule has 0 aromatic carbocycles. The number of nitrogens with zero attached hydrogens (tertiary/aromatic N) is 4. The molecule has 5 nitrogen and oxygen atoms in total. The molecule has 0 radical (unpaired) electrons. The highest BCUT2D eigenvalue weighted by Gasteiger charge is 2.21. The Bertz CT molecular complexity index is 414. The van der Waals surface area contributed by atoms with E-state index in [0.29, 0.717) is 0 Å². The minimum absolute atomic E-state index is 0.467. The van der Waals surface area contributed by atoms with Gasteiger partial charge in [-0.15, -0.1) is 0 Å². The van der Waals surface area contributed by atoms with Crippen LogP contribution in [0.1, 0.15) is 18.6 Å². The average molecular weight is 278 g/mol. The van der Waals surface area contributed by atoms with E-state index in [-0.39, 0.29) is 0 Å². The maximum Gasteiger partial charge on any atom is 0.134 e. The second-order valence-electron chi connectivity index (χ2n) is 5.72. The molecule has 0 aliphatic carbocycles. The van der Waals surface area contributed by atoms with Crippen LogP contribution in [0.15, 0.2) is 18.3 Å². The molecule has 1 aromatic heterocycles. The van der Waals surface area contributed by atoms with Crippen molar-refractivity contribution in [3.63, 3.8) is 0 Å². The van der Waals surface area contributed by atoms with Crippen molar-refractivity contribution in [1.82, 2.24) is 14.8 Å². The second-order valence-corrected chi connectivity index (χ2v) is 5.72. The summed E-state index contributed by atoms with van der Waals surface area (Å²) in [6.07, 6.45) is 1.34. The lowest BCUT2D eigenvalue weighted by molar-refractivity contribution is 0.198. The number of aromatic nitrogens is 1. The van der Waals surface area contributed by atoms with Crippen LogP contribution in [0.5, 0.6) is 0 Å². The SMILES string of the molecule is CC(O)c1cccnc1N1CCN(CCN(C)C)CC1. The third kappa shape index (κ3) is 3.91. The highest BCUT2D eigenvalue weighted by atomic mass is 16.3. The molecule has 1 unspecified atom stereocenters. The molecule has 1 aliphatic heterocycles. The standard InChI is InChI=1S/C15H26N4O/c1-13(20)14-5-4-6-16-15(14)19-11-9-18(10-12-19)8-7-17(2)3/h4-6,13,20H,7-12H2,1-3H3. The molecule has 2 heterocycles. The molecule has 1 atom stereocenters. The van der Waals surface area contributed by atoms with Gasteiger partial charge in [-0.2, -0.15) is 0 Å². The average Bonchev–Trinajstić information content (AvgIpc) is 2.45. The number of hydrogen-bond donors (Lipinski definition) is 1. The Morgan fingerprint density at radius 1 is 1.30 bits per heavy atom. The Morgan fingerprint density at radius 2 is 2.00 bits per heavy atom. The Labute approximate surface area is 121 Å². The fourth-order valence-electron chi connectivity index (χ4n) is 2.52. The number of aliphatic hydroxyl groups is 1. The van der Waals surface area contributed by atoms with Crippen molar-refractivity contribution in [3.05, 3.63) is 23.9 Å². The number of piperazine rings is 1. The monoisotopic (exact) mass is 278 g/mol. The van der Waals surface area contributed by atoms with Gasteiger partial charge in [0.15, 0.2) is 0 Å². The summed E-state index contributed by atoms with van der Waals surface area (Å²) in [5, 5.41) is 9.85. The van der Waals surface area contributed by atoms with Crippen molar-refractivity contribution < 1.29 is 5.11 Å². The van der Waals surface area contributed by atoms with Crippen LogP contribution >= 0.6 is 0 Å². The van der Waals surface area contributed by atoms with Crippen LogP contribution in [0.4, 0.5) is 5.82 Å². The van der Waals surface area contributed by atoms with Gasteiger partial charge in [0.05, 0.1) is 6.10 Å². The van der Waals surface area contributed by atoms with Crippen LogP contribution in [0.25, 0.3) is 0 Å². The molecule has 1 aliphatic rings. The highest BCUT2D eigenvalue weighted by Crippen LogP contribution is 2.24. The van der Waals surface area contributed by atoms with E-state index >= 15 is 0 Å². The van der Waals surface area contributed by atoms with Crippen LogP contribution in [0.2, 0.25) is 0 Å². The molecule has 112 valence electrons. The molecule has 1 N–H and O–H groups in total. The number of hydrogen-bond acceptors (Lipinski definition) is 5. The molecule has 0 amide bonds. The lowest BCUT2D eigenvalue weighted by Gasteiger charge is -2.36. The maximum absolute atomic E-state index is 9.85. The fourth-order valence-corrected chi connectivity index (χ4v) is 2.52. The van der Waals surface area contributed by atoms with Gasteiger partial charge in [-0.25, -0.2) is 4.98 Å². The smallest absolute Gasteiger partial charge is 0.134 e. The predicted octanol–water partition coefficient (Wildman–Crippen LogP) is 0.819. The molecule has 0 bridgehead atoms. The van der Waals surface area contributed by atoms with E-state index in [1.54, 1.807) is 13.1 Å². The largest absolute Gasteiger partial charge is 0.389 e. The Hall–Kier alpha value is -1.17. The Kier molecular flexibility index (Phi) is 5.34. The third-order valence-corrected chi connectivity index (χ3v) is 3.80. The first kappa shape index (κ1) is 15.2. The summed E-state index contributed by atoms with van der Waals surface area (Å²) in [5.74, 6) is 0.940. The van der Waals surface area contributed by atoms with Gasteiger partial charge in [-0.3, -0.25) is 4.90 Å². The normalized spacial score (nSPS) is 18.6. The Balaban J connectivity index is 1.94. The zero-order valence-corrected chi connectivity index (χ0v) is 12.8. The summed E-state index contributed by atoms with van der Waals surface area (Å²) in [6, 6.07) is 3.85. The first-order valence-electron chi connectivity index (χ1n) is 7.33. The molecule has 1 saturated heterocycles. The summed E-state index contributed by atoms with van der Waals surface area (Å²) < 4.78 is 0. The molecule has 1 aromatic rings. The highest BCUT2D eigenvalue weighted by molar-refractivity contribution is 5.48. The first-order valence-corrected chi connectivity index (χ1v) is 7.33. The van der Waals surface area contributed by atoms with Gasteiger partial charge in [0.25, 0.3) is 0 Å². The van der Waals surface area contributed by atoms with Gasteiger partial charge in [0, 0.05) is 51.0 Å². The summed E-state index contributed by atoms with van der Waals surface area (Å²) in [5.41, 5.74) is 0.925. The Morgan fingerprint density at radius 3 is 2.60 bits per heavy atom. The van der Waals surface area contributed by atoms with Gasteiger partial charge in [0.1, 0.15) is 5.82 Å². The van der Waals surface area contributed by atoms with Gasteiger partial charge in [0.2, 0.25) is 0 Å². The minimum atomic E-state index is -0.467. The van der Waals surface area contributed by atoms with Crippen LogP contribution in [0, 0.1) is 0 Å². The van der Waals surface area contributed by atoms with Gasteiger partial charge < -0.3 is 14.9 Å². The van der Waals surface area contributed by atoms with E-state index in [1.807, 2.05) is 12.1 Å².